The number of nitrogens with zero attached hydrogens (tertiary/aromatic N) is 3. The van der Waals surface area contributed by atoms with Crippen LogP contribution in [-0.4, -0.2) is 40.1 Å². The number of likely N-dealkylation sites (tertiary alicyclic amines) is 1. The van der Waals surface area contributed by atoms with Crippen LogP contribution in [0.15, 0.2) is 47.6 Å². The van der Waals surface area contributed by atoms with E-state index in [0.29, 0.717) is 30.0 Å². The van der Waals surface area contributed by atoms with Crippen LogP contribution in [0.3, 0.4) is 0 Å². The molecule has 0 unspecified atom stereocenters. The van der Waals surface area contributed by atoms with Crippen molar-refractivity contribution in [2.45, 2.75) is 19.4 Å². The monoisotopic (exact) mass is 416 g/mol. The molecular formula is C20H21ClN4O4. The molecule has 9 heteroatoms. The highest BCUT2D eigenvalue weighted by atomic mass is 35.5. The Balaban J connectivity index is 1.46. The van der Waals surface area contributed by atoms with Crippen LogP contribution in [0.5, 0.6) is 5.75 Å². The molecule has 0 bridgehead atoms. The minimum atomic E-state index is -0.413. The van der Waals surface area contributed by atoms with E-state index >= 15 is 0 Å². The van der Waals surface area contributed by atoms with Gasteiger partial charge in [0, 0.05) is 35.2 Å². The number of halogens is 1. The van der Waals surface area contributed by atoms with Gasteiger partial charge in [-0.3, -0.25) is 19.8 Å². The lowest BCUT2D eigenvalue weighted by atomic mass is 9.96. The van der Waals surface area contributed by atoms with E-state index in [0.717, 1.165) is 18.7 Å². The zero-order chi connectivity index (χ0) is 20.8. The number of nitro benzene ring substituents is 1. The molecule has 2 aromatic carbocycles. The zero-order valence-corrected chi connectivity index (χ0v) is 16.4. The first-order valence-corrected chi connectivity index (χ1v) is 9.57. The number of hydrogen-bond acceptors (Lipinski definition) is 6. The van der Waals surface area contributed by atoms with Crippen LogP contribution in [0.2, 0.25) is 5.02 Å². The number of piperidine rings is 1. The predicted octanol–water partition coefficient (Wildman–Crippen LogP) is 3.32. The normalized spacial score (nSPS) is 15.5. The molecule has 0 radical (unpaired) electrons. The van der Waals surface area contributed by atoms with Crippen molar-refractivity contribution >= 4 is 29.4 Å². The minimum absolute atomic E-state index is 0.0342. The van der Waals surface area contributed by atoms with Crippen molar-refractivity contribution in [3.63, 3.8) is 0 Å². The lowest BCUT2D eigenvalue weighted by molar-refractivity contribution is -0.384. The van der Waals surface area contributed by atoms with Gasteiger partial charge in [0.05, 0.1) is 11.1 Å². The molecule has 1 aliphatic heterocycles. The van der Waals surface area contributed by atoms with Crippen LogP contribution in [-0.2, 0) is 11.3 Å². The number of carbonyl (C=O) groups is 1. The molecule has 1 heterocycles. The zero-order valence-electron chi connectivity index (χ0n) is 15.6. The maximum absolute atomic E-state index is 12.3. The maximum atomic E-state index is 12.3. The van der Waals surface area contributed by atoms with E-state index in [9.17, 15) is 20.0 Å². The third-order valence-electron chi connectivity index (χ3n) is 4.88. The smallest absolute Gasteiger partial charge is 0.269 e. The topological polar surface area (TPSA) is 108 Å². The molecule has 0 aliphatic carbocycles. The number of rotatable bonds is 6. The fraction of sp³-hybridized carbons (Fsp3) is 0.300. The van der Waals surface area contributed by atoms with Crippen LogP contribution in [0.1, 0.15) is 24.0 Å². The Kier molecular flexibility index (Phi) is 6.79. The molecule has 1 saturated heterocycles. The molecule has 29 heavy (non-hydrogen) atoms. The summed E-state index contributed by atoms with van der Waals surface area (Å²) in [6, 6.07) is 11.1. The van der Waals surface area contributed by atoms with Gasteiger partial charge in [-0.05, 0) is 49.7 Å². The number of nitrogens with one attached hydrogen (secondary N) is 1. The van der Waals surface area contributed by atoms with Gasteiger partial charge in [0.2, 0.25) is 5.91 Å². The first-order chi connectivity index (χ1) is 13.9. The van der Waals surface area contributed by atoms with Crippen molar-refractivity contribution in [1.29, 1.82) is 0 Å². The molecule has 1 amide bonds. The molecule has 0 spiro atoms. The minimum Gasteiger partial charge on any atom is -0.507 e. The molecule has 1 aliphatic rings. The van der Waals surface area contributed by atoms with Crippen molar-refractivity contribution < 1.29 is 14.8 Å². The maximum Gasteiger partial charge on any atom is 0.269 e. The molecule has 152 valence electrons. The summed E-state index contributed by atoms with van der Waals surface area (Å²) < 4.78 is 0. The molecule has 8 nitrogen and oxygen atoms in total. The van der Waals surface area contributed by atoms with E-state index in [4.69, 9.17) is 11.6 Å². The highest BCUT2D eigenvalue weighted by molar-refractivity contribution is 6.30. The molecule has 0 aromatic heterocycles. The van der Waals surface area contributed by atoms with Crippen LogP contribution in [0, 0.1) is 16.0 Å². The van der Waals surface area contributed by atoms with Crippen molar-refractivity contribution in [1.82, 2.24) is 10.3 Å². The average molecular weight is 417 g/mol. The molecule has 0 atom stereocenters. The third kappa shape index (κ3) is 5.75. The Bertz CT molecular complexity index is 909. The summed E-state index contributed by atoms with van der Waals surface area (Å²) in [4.78, 5) is 24.8. The number of benzene rings is 2. The van der Waals surface area contributed by atoms with Gasteiger partial charge in [0.15, 0.2) is 0 Å². The summed E-state index contributed by atoms with van der Waals surface area (Å²) in [5, 5.41) is 24.8. The highest BCUT2D eigenvalue weighted by Gasteiger charge is 2.24. The van der Waals surface area contributed by atoms with Gasteiger partial charge in [-0.25, -0.2) is 5.43 Å². The molecule has 1 fully saturated rings. The van der Waals surface area contributed by atoms with Gasteiger partial charge in [-0.2, -0.15) is 5.10 Å². The lowest BCUT2D eigenvalue weighted by Gasteiger charge is -2.30. The van der Waals surface area contributed by atoms with Gasteiger partial charge in [-0.15, -0.1) is 0 Å². The van der Waals surface area contributed by atoms with Gasteiger partial charge in [-0.1, -0.05) is 23.7 Å². The summed E-state index contributed by atoms with van der Waals surface area (Å²) in [6.45, 7) is 2.21. The molecule has 3 rings (SSSR count). The first kappa shape index (κ1) is 20.8. The van der Waals surface area contributed by atoms with Crippen molar-refractivity contribution in [3.05, 3.63) is 68.7 Å². The fourth-order valence-corrected chi connectivity index (χ4v) is 3.40. The van der Waals surface area contributed by atoms with Crippen molar-refractivity contribution in [2.24, 2.45) is 11.0 Å². The van der Waals surface area contributed by atoms with Crippen LogP contribution in [0.4, 0.5) is 5.69 Å². The first-order valence-electron chi connectivity index (χ1n) is 9.19. The number of aromatic hydroxyl groups is 1. The van der Waals surface area contributed by atoms with E-state index in [1.165, 1.54) is 24.4 Å². The molecule has 2 N–H and O–H groups in total. The summed E-state index contributed by atoms with van der Waals surface area (Å²) in [6.07, 6.45) is 2.77. The van der Waals surface area contributed by atoms with Gasteiger partial charge < -0.3 is 5.11 Å². The fourth-order valence-electron chi connectivity index (χ4n) is 3.22. The summed E-state index contributed by atoms with van der Waals surface area (Å²) in [5.41, 5.74) is 4.03. The van der Waals surface area contributed by atoms with E-state index in [2.05, 4.69) is 15.4 Å². The lowest BCUT2D eigenvalue weighted by Crippen LogP contribution is -2.39. The number of carbonyl (C=O) groups excluding carboxylic acids is 1. The second-order valence-electron chi connectivity index (χ2n) is 6.91. The Hall–Kier alpha value is -2.97. The van der Waals surface area contributed by atoms with E-state index < -0.39 is 4.92 Å². The predicted molar refractivity (Wildman–Crippen MR) is 110 cm³/mol. The van der Waals surface area contributed by atoms with E-state index in [-0.39, 0.29) is 23.3 Å². The standard InChI is InChI=1S/C20H21ClN4O4/c21-17-3-6-19(26)16(11-17)12-22-23-20(27)15-7-9-24(10-8-15)13-14-1-4-18(5-2-14)25(28)29/h1-6,11-12,15,26H,7-10,13H2,(H,23,27)/b22-12-. The number of phenolic OH excluding ortho intramolecular Hbond substituents is 1. The Morgan fingerprint density at radius 3 is 2.62 bits per heavy atom. The van der Waals surface area contributed by atoms with Crippen molar-refractivity contribution in [3.8, 4) is 5.75 Å². The SMILES string of the molecule is O=C(N/N=C\c1cc(Cl)ccc1O)C1CCN(Cc2ccc([N+](=O)[O-])cc2)CC1. The highest BCUT2D eigenvalue weighted by Crippen LogP contribution is 2.21. The summed E-state index contributed by atoms with van der Waals surface area (Å²) in [7, 11) is 0. The van der Waals surface area contributed by atoms with Crippen molar-refractivity contribution in [2.75, 3.05) is 13.1 Å². The Labute approximate surface area is 172 Å². The Morgan fingerprint density at radius 1 is 1.28 bits per heavy atom. The number of amides is 1. The largest absolute Gasteiger partial charge is 0.507 e. The number of phenols is 1. The summed E-state index contributed by atoms with van der Waals surface area (Å²) in [5.74, 6) is -0.252. The number of hydrazone groups is 1. The van der Waals surface area contributed by atoms with E-state index in [1.54, 1.807) is 24.3 Å². The third-order valence-corrected chi connectivity index (χ3v) is 5.11. The Morgan fingerprint density at radius 2 is 1.97 bits per heavy atom. The van der Waals surface area contributed by atoms with Crippen LogP contribution < -0.4 is 5.43 Å². The summed E-state index contributed by atoms with van der Waals surface area (Å²) >= 11 is 5.88. The second-order valence-corrected chi connectivity index (χ2v) is 7.35. The van der Waals surface area contributed by atoms with Gasteiger partial charge in [0.1, 0.15) is 5.75 Å². The second kappa shape index (κ2) is 9.49. The van der Waals surface area contributed by atoms with Gasteiger partial charge in [0.25, 0.3) is 5.69 Å². The van der Waals surface area contributed by atoms with Crippen LogP contribution in [0.25, 0.3) is 0 Å². The number of nitro groups is 1. The number of non-ortho nitro benzene ring substituents is 1. The molecular weight excluding hydrogens is 396 g/mol. The quantitative estimate of drug-likeness (QED) is 0.426. The molecule has 0 saturated carbocycles. The number of hydrogen-bond donors (Lipinski definition) is 2. The van der Waals surface area contributed by atoms with E-state index in [1.807, 2.05) is 0 Å². The van der Waals surface area contributed by atoms with Crippen LogP contribution >= 0.6 is 11.6 Å². The average Bonchev–Trinajstić information content (AvgIpc) is 2.71. The molecule has 2 aromatic rings. The van der Waals surface area contributed by atoms with Gasteiger partial charge >= 0.3 is 0 Å².